The van der Waals surface area contributed by atoms with E-state index in [0.29, 0.717) is 6.54 Å². The molecule has 5 heteroatoms. The second-order valence-corrected chi connectivity index (χ2v) is 4.89. The molecule has 2 rings (SSSR count). The zero-order valence-corrected chi connectivity index (χ0v) is 11.0. The Labute approximate surface area is 103 Å². The van der Waals surface area contributed by atoms with E-state index in [9.17, 15) is 4.79 Å². The summed E-state index contributed by atoms with van der Waals surface area (Å²) in [4.78, 5) is 15.7. The summed E-state index contributed by atoms with van der Waals surface area (Å²) in [5, 5.41) is 0. The van der Waals surface area contributed by atoms with Crippen LogP contribution in [0.5, 0.6) is 0 Å². The van der Waals surface area contributed by atoms with Gasteiger partial charge < -0.3 is 9.32 Å². The van der Waals surface area contributed by atoms with Gasteiger partial charge in [-0.25, -0.2) is 0 Å². The highest BCUT2D eigenvalue weighted by atomic mass is 79.9. The van der Waals surface area contributed by atoms with Crippen molar-refractivity contribution < 1.29 is 9.21 Å². The van der Waals surface area contributed by atoms with Gasteiger partial charge in [-0.3, -0.25) is 9.69 Å². The maximum Gasteiger partial charge on any atom is 0.239 e. The van der Waals surface area contributed by atoms with Crippen molar-refractivity contribution in [2.75, 3.05) is 20.1 Å². The van der Waals surface area contributed by atoms with Gasteiger partial charge in [0.2, 0.25) is 5.91 Å². The molecular weight excluding hydrogens is 272 g/mol. The van der Waals surface area contributed by atoms with Crippen molar-refractivity contribution >= 4 is 21.8 Å². The molecule has 4 nitrogen and oxygen atoms in total. The van der Waals surface area contributed by atoms with E-state index >= 15 is 0 Å². The van der Waals surface area contributed by atoms with Gasteiger partial charge in [0.15, 0.2) is 4.67 Å². The lowest BCUT2D eigenvalue weighted by Gasteiger charge is -2.36. The van der Waals surface area contributed by atoms with Crippen LogP contribution in [-0.2, 0) is 11.3 Å². The van der Waals surface area contributed by atoms with Gasteiger partial charge in [0.1, 0.15) is 5.76 Å². The minimum absolute atomic E-state index is 0.0670. The van der Waals surface area contributed by atoms with E-state index < -0.39 is 0 Å². The third-order valence-corrected chi connectivity index (χ3v) is 3.42. The Balaban J connectivity index is 2.03. The molecular formula is C11H15BrN2O2. The fraction of sp³-hybridized carbons (Fsp3) is 0.545. The van der Waals surface area contributed by atoms with Gasteiger partial charge in [-0.2, -0.15) is 0 Å². The van der Waals surface area contributed by atoms with Crippen LogP contribution in [-0.4, -0.2) is 41.9 Å². The van der Waals surface area contributed by atoms with Crippen molar-refractivity contribution in [3.8, 4) is 0 Å². The minimum Gasteiger partial charge on any atom is -0.453 e. The first-order valence-electron chi connectivity index (χ1n) is 5.31. The molecule has 1 aromatic rings. The molecule has 0 radical (unpaired) electrons. The molecule has 0 saturated carbocycles. The van der Waals surface area contributed by atoms with E-state index in [1.54, 1.807) is 4.90 Å². The highest BCUT2D eigenvalue weighted by Crippen LogP contribution is 2.18. The minimum atomic E-state index is -0.0670. The van der Waals surface area contributed by atoms with Gasteiger partial charge >= 0.3 is 0 Å². The van der Waals surface area contributed by atoms with Crippen molar-refractivity contribution in [2.24, 2.45) is 0 Å². The number of hydrogen-bond acceptors (Lipinski definition) is 3. The predicted molar refractivity (Wildman–Crippen MR) is 63.9 cm³/mol. The largest absolute Gasteiger partial charge is 0.453 e. The summed E-state index contributed by atoms with van der Waals surface area (Å²) in [6, 6.07) is 3.74. The molecule has 0 aliphatic carbocycles. The molecule has 1 fully saturated rings. The van der Waals surface area contributed by atoms with Gasteiger partial charge in [0.25, 0.3) is 0 Å². The normalized spacial score (nSPS) is 22.8. The maximum absolute atomic E-state index is 11.8. The average molecular weight is 287 g/mol. The molecule has 1 saturated heterocycles. The maximum atomic E-state index is 11.8. The standard InChI is InChI=1S/C11H15BrN2O2/c1-8-11(15)13(2)5-6-14(8)7-9-3-4-10(12)16-9/h3-4,8H,5-7H2,1-2H3/t8-/m0/s1. The first-order chi connectivity index (χ1) is 7.58. The van der Waals surface area contributed by atoms with Crippen LogP contribution in [0.3, 0.4) is 0 Å². The van der Waals surface area contributed by atoms with E-state index in [2.05, 4.69) is 20.8 Å². The van der Waals surface area contributed by atoms with Crippen LogP contribution in [0.1, 0.15) is 12.7 Å². The monoisotopic (exact) mass is 286 g/mol. The molecule has 0 spiro atoms. The number of rotatable bonds is 2. The first-order valence-corrected chi connectivity index (χ1v) is 6.10. The molecule has 1 aliphatic rings. The van der Waals surface area contributed by atoms with Crippen molar-refractivity contribution in [3.05, 3.63) is 22.6 Å². The number of carbonyl (C=O) groups is 1. The fourth-order valence-electron chi connectivity index (χ4n) is 1.91. The fourth-order valence-corrected chi connectivity index (χ4v) is 2.25. The number of piperazine rings is 1. The second kappa shape index (κ2) is 4.59. The van der Waals surface area contributed by atoms with Crippen LogP contribution in [0.15, 0.2) is 21.2 Å². The number of furan rings is 1. The Morgan fingerprint density at radius 2 is 2.25 bits per heavy atom. The van der Waals surface area contributed by atoms with Gasteiger partial charge in [-0.05, 0) is 35.0 Å². The van der Waals surface area contributed by atoms with Crippen LogP contribution in [0.2, 0.25) is 0 Å². The number of hydrogen-bond donors (Lipinski definition) is 0. The highest BCUT2D eigenvalue weighted by Gasteiger charge is 2.29. The summed E-state index contributed by atoms with van der Waals surface area (Å²) >= 11 is 3.27. The van der Waals surface area contributed by atoms with E-state index in [4.69, 9.17) is 4.42 Å². The van der Waals surface area contributed by atoms with Crippen LogP contribution >= 0.6 is 15.9 Å². The Morgan fingerprint density at radius 3 is 2.88 bits per heavy atom. The smallest absolute Gasteiger partial charge is 0.239 e. The second-order valence-electron chi connectivity index (χ2n) is 4.11. The number of likely N-dealkylation sites (N-methyl/N-ethyl adjacent to an activating group) is 1. The Morgan fingerprint density at radius 1 is 1.50 bits per heavy atom. The molecule has 16 heavy (non-hydrogen) atoms. The number of nitrogens with zero attached hydrogens (tertiary/aromatic N) is 2. The SMILES string of the molecule is C[C@H]1C(=O)N(C)CCN1Cc1ccc(Br)o1. The molecule has 88 valence electrons. The van der Waals surface area contributed by atoms with Gasteiger partial charge in [0, 0.05) is 20.1 Å². The van der Waals surface area contributed by atoms with Crippen molar-refractivity contribution in [2.45, 2.75) is 19.5 Å². The highest BCUT2D eigenvalue weighted by molar-refractivity contribution is 9.10. The molecule has 0 bridgehead atoms. The van der Waals surface area contributed by atoms with Gasteiger partial charge in [-0.15, -0.1) is 0 Å². The molecule has 0 N–H and O–H groups in total. The number of amides is 1. The zero-order chi connectivity index (χ0) is 11.7. The van der Waals surface area contributed by atoms with E-state index in [0.717, 1.165) is 23.5 Å². The topological polar surface area (TPSA) is 36.7 Å². The molecule has 1 aromatic heterocycles. The number of halogens is 1. The molecule has 2 heterocycles. The first kappa shape index (κ1) is 11.7. The van der Waals surface area contributed by atoms with Gasteiger partial charge in [0.05, 0.1) is 12.6 Å². The summed E-state index contributed by atoms with van der Waals surface area (Å²) < 4.78 is 6.18. The Bertz CT molecular complexity index is 391. The third-order valence-electron chi connectivity index (χ3n) is 2.99. The molecule has 1 aliphatic heterocycles. The summed E-state index contributed by atoms with van der Waals surface area (Å²) in [5.41, 5.74) is 0. The lowest BCUT2D eigenvalue weighted by molar-refractivity contribution is -0.139. The van der Waals surface area contributed by atoms with Crippen LogP contribution in [0.25, 0.3) is 0 Å². The van der Waals surface area contributed by atoms with Gasteiger partial charge in [-0.1, -0.05) is 0 Å². The van der Waals surface area contributed by atoms with Crippen LogP contribution < -0.4 is 0 Å². The van der Waals surface area contributed by atoms with Crippen LogP contribution in [0, 0.1) is 0 Å². The molecule has 1 amide bonds. The lowest BCUT2D eigenvalue weighted by atomic mass is 10.2. The van der Waals surface area contributed by atoms with Crippen molar-refractivity contribution in [3.63, 3.8) is 0 Å². The summed E-state index contributed by atoms with van der Waals surface area (Å²) in [7, 11) is 1.85. The Hall–Kier alpha value is -0.810. The quantitative estimate of drug-likeness (QED) is 0.831. The summed E-state index contributed by atoms with van der Waals surface area (Å²) in [6.45, 7) is 4.30. The third kappa shape index (κ3) is 2.30. The molecule has 0 aromatic carbocycles. The van der Waals surface area contributed by atoms with Crippen LogP contribution in [0.4, 0.5) is 0 Å². The molecule has 0 unspecified atom stereocenters. The zero-order valence-electron chi connectivity index (χ0n) is 9.44. The van der Waals surface area contributed by atoms with Crippen molar-refractivity contribution in [1.82, 2.24) is 9.80 Å². The predicted octanol–water partition coefficient (Wildman–Crippen LogP) is 1.70. The molecule has 1 atom stereocenters. The van der Waals surface area contributed by atoms with E-state index in [1.165, 1.54) is 0 Å². The van der Waals surface area contributed by atoms with E-state index in [1.807, 2.05) is 26.1 Å². The summed E-state index contributed by atoms with van der Waals surface area (Å²) in [5.74, 6) is 1.06. The summed E-state index contributed by atoms with van der Waals surface area (Å²) in [6.07, 6.45) is 0. The average Bonchev–Trinajstić information content (AvgIpc) is 2.65. The van der Waals surface area contributed by atoms with E-state index in [-0.39, 0.29) is 11.9 Å². The Kier molecular flexibility index (Phi) is 3.35. The lowest BCUT2D eigenvalue weighted by Crippen LogP contribution is -2.53. The van der Waals surface area contributed by atoms with Crippen molar-refractivity contribution in [1.29, 1.82) is 0 Å². The number of carbonyl (C=O) groups excluding carboxylic acids is 1.